The molecule has 0 aliphatic carbocycles. The number of rotatable bonds is 6. The summed E-state index contributed by atoms with van der Waals surface area (Å²) in [7, 11) is -1.37. The summed E-state index contributed by atoms with van der Waals surface area (Å²) in [6.07, 6.45) is 0. The Bertz CT molecular complexity index is 191. The van der Waals surface area contributed by atoms with E-state index >= 15 is 0 Å². The van der Waals surface area contributed by atoms with Crippen molar-refractivity contribution in [3.8, 4) is 0 Å². The summed E-state index contributed by atoms with van der Waals surface area (Å²) in [4.78, 5) is 5.13. The Balaban J connectivity index is 2.19. The lowest BCUT2D eigenvalue weighted by atomic mass is 10.3. The monoisotopic (exact) mass is 244 g/mol. The summed E-state index contributed by atoms with van der Waals surface area (Å²) in [5.41, 5.74) is 0. The van der Waals surface area contributed by atoms with Gasteiger partial charge in [0.2, 0.25) is 0 Å². The summed E-state index contributed by atoms with van der Waals surface area (Å²) < 4.78 is 5.86. The van der Waals surface area contributed by atoms with Gasteiger partial charge in [0.15, 0.2) is 8.32 Å². The SMILES string of the molecule is CCO[Si](C)(C)CCN1CCN(CC)CC1. The van der Waals surface area contributed by atoms with Gasteiger partial charge in [0.05, 0.1) is 0 Å². The average Bonchev–Trinajstić information content (AvgIpc) is 2.27. The molecule has 0 aromatic rings. The maximum atomic E-state index is 5.86. The Labute approximate surface area is 102 Å². The van der Waals surface area contributed by atoms with Gasteiger partial charge in [-0.1, -0.05) is 6.92 Å². The van der Waals surface area contributed by atoms with Crippen molar-refractivity contribution in [3.63, 3.8) is 0 Å². The van der Waals surface area contributed by atoms with Crippen LogP contribution in [-0.4, -0.2) is 64.0 Å². The second kappa shape index (κ2) is 6.74. The second-order valence-electron chi connectivity index (χ2n) is 5.22. The zero-order chi connectivity index (χ0) is 12.0. The highest BCUT2D eigenvalue weighted by atomic mass is 28.4. The molecule has 0 aromatic carbocycles. The summed E-state index contributed by atoms with van der Waals surface area (Å²) in [5.74, 6) is 0. The molecule has 0 aromatic heterocycles. The molecule has 1 rings (SSSR count). The molecule has 3 nitrogen and oxygen atoms in total. The van der Waals surface area contributed by atoms with E-state index in [4.69, 9.17) is 4.43 Å². The standard InChI is InChI=1S/C12H28N2OSi/c1-5-13-7-9-14(10-8-13)11-12-16(3,4)15-6-2/h5-12H2,1-4H3. The van der Waals surface area contributed by atoms with Crippen LogP contribution in [-0.2, 0) is 4.43 Å². The molecule has 1 heterocycles. The largest absolute Gasteiger partial charge is 0.418 e. The van der Waals surface area contributed by atoms with E-state index in [-0.39, 0.29) is 0 Å². The van der Waals surface area contributed by atoms with E-state index in [2.05, 4.69) is 36.7 Å². The Hall–Kier alpha value is 0.0969. The van der Waals surface area contributed by atoms with Crippen molar-refractivity contribution in [2.45, 2.75) is 33.0 Å². The first-order valence-electron chi connectivity index (χ1n) is 6.66. The fourth-order valence-corrected chi connectivity index (χ4v) is 4.00. The van der Waals surface area contributed by atoms with Crippen molar-refractivity contribution in [1.82, 2.24) is 9.80 Å². The van der Waals surface area contributed by atoms with Gasteiger partial charge >= 0.3 is 0 Å². The van der Waals surface area contributed by atoms with Crippen LogP contribution in [0.5, 0.6) is 0 Å². The number of nitrogens with zero attached hydrogens (tertiary/aromatic N) is 2. The van der Waals surface area contributed by atoms with E-state index in [1.54, 1.807) is 0 Å². The molecule has 0 spiro atoms. The van der Waals surface area contributed by atoms with E-state index in [9.17, 15) is 0 Å². The number of hydrogen-bond donors (Lipinski definition) is 0. The molecule has 1 fully saturated rings. The highest BCUT2D eigenvalue weighted by Crippen LogP contribution is 2.13. The van der Waals surface area contributed by atoms with Crippen LogP contribution in [0.3, 0.4) is 0 Å². The molecule has 0 saturated carbocycles. The first-order chi connectivity index (χ1) is 7.57. The van der Waals surface area contributed by atoms with Gasteiger partial charge in [-0.15, -0.1) is 0 Å². The molecule has 16 heavy (non-hydrogen) atoms. The van der Waals surface area contributed by atoms with Crippen molar-refractivity contribution in [3.05, 3.63) is 0 Å². The molecule has 0 unspecified atom stereocenters. The maximum absolute atomic E-state index is 5.86. The van der Waals surface area contributed by atoms with E-state index < -0.39 is 8.32 Å². The lowest BCUT2D eigenvalue weighted by Gasteiger charge is -2.35. The van der Waals surface area contributed by atoms with Gasteiger partial charge in [-0.05, 0) is 39.2 Å². The van der Waals surface area contributed by atoms with E-state index in [0.29, 0.717) is 0 Å². The fourth-order valence-electron chi connectivity index (χ4n) is 2.22. The topological polar surface area (TPSA) is 15.7 Å². The van der Waals surface area contributed by atoms with Crippen molar-refractivity contribution < 1.29 is 4.43 Å². The minimum absolute atomic E-state index is 0.878. The summed E-state index contributed by atoms with van der Waals surface area (Å²) in [5, 5.41) is 0. The molecule has 0 bridgehead atoms. The van der Waals surface area contributed by atoms with E-state index in [1.807, 2.05) is 0 Å². The molecule has 4 heteroatoms. The third-order valence-corrected chi connectivity index (χ3v) is 5.98. The predicted octanol–water partition coefficient (Wildman–Crippen LogP) is 1.87. The molecule has 0 amide bonds. The minimum Gasteiger partial charge on any atom is -0.418 e. The molecule has 0 atom stereocenters. The number of likely N-dealkylation sites (N-methyl/N-ethyl adjacent to an activating group) is 1. The first kappa shape index (κ1) is 14.2. The Kier molecular flexibility index (Phi) is 5.96. The minimum atomic E-state index is -1.37. The highest BCUT2D eigenvalue weighted by Gasteiger charge is 2.24. The van der Waals surface area contributed by atoms with Gasteiger partial charge < -0.3 is 14.2 Å². The van der Waals surface area contributed by atoms with Crippen LogP contribution in [0.2, 0.25) is 19.1 Å². The molecule has 96 valence electrons. The zero-order valence-electron chi connectivity index (χ0n) is 11.5. The summed E-state index contributed by atoms with van der Waals surface area (Å²) in [6.45, 7) is 17.3. The van der Waals surface area contributed by atoms with Crippen molar-refractivity contribution in [2.24, 2.45) is 0 Å². The Morgan fingerprint density at radius 2 is 1.56 bits per heavy atom. The average molecular weight is 244 g/mol. The van der Waals surface area contributed by atoms with Crippen LogP contribution in [0.1, 0.15) is 13.8 Å². The van der Waals surface area contributed by atoms with Gasteiger partial charge in [0.1, 0.15) is 0 Å². The third kappa shape index (κ3) is 4.95. The first-order valence-corrected chi connectivity index (χ1v) is 9.77. The van der Waals surface area contributed by atoms with Gasteiger partial charge in [-0.2, -0.15) is 0 Å². The smallest absolute Gasteiger partial charge is 0.187 e. The van der Waals surface area contributed by atoms with E-state index in [1.165, 1.54) is 45.3 Å². The lowest BCUT2D eigenvalue weighted by molar-refractivity contribution is 0.141. The normalized spacial score (nSPS) is 20.2. The lowest BCUT2D eigenvalue weighted by Crippen LogP contribution is -2.47. The third-order valence-electron chi connectivity index (χ3n) is 3.48. The molecule has 1 saturated heterocycles. The molecular formula is C12H28N2OSi. The fraction of sp³-hybridized carbons (Fsp3) is 1.00. The quantitative estimate of drug-likeness (QED) is 0.663. The van der Waals surface area contributed by atoms with Gasteiger partial charge in [-0.3, -0.25) is 0 Å². The van der Waals surface area contributed by atoms with Crippen LogP contribution in [0.25, 0.3) is 0 Å². The Morgan fingerprint density at radius 1 is 1.00 bits per heavy atom. The molecule has 1 aliphatic heterocycles. The Morgan fingerprint density at radius 3 is 2.06 bits per heavy atom. The van der Waals surface area contributed by atoms with Crippen LogP contribution >= 0.6 is 0 Å². The zero-order valence-corrected chi connectivity index (χ0v) is 12.5. The van der Waals surface area contributed by atoms with Gasteiger partial charge in [0.25, 0.3) is 0 Å². The number of piperazine rings is 1. The van der Waals surface area contributed by atoms with Crippen LogP contribution < -0.4 is 0 Å². The number of hydrogen-bond acceptors (Lipinski definition) is 3. The van der Waals surface area contributed by atoms with Crippen LogP contribution in [0.4, 0.5) is 0 Å². The van der Waals surface area contributed by atoms with Crippen molar-refractivity contribution in [2.75, 3.05) is 45.9 Å². The highest BCUT2D eigenvalue weighted by molar-refractivity contribution is 6.71. The summed E-state index contributed by atoms with van der Waals surface area (Å²) >= 11 is 0. The van der Waals surface area contributed by atoms with Gasteiger partial charge in [0, 0.05) is 32.8 Å². The van der Waals surface area contributed by atoms with Gasteiger partial charge in [-0.25, -0.2) is 0 Å². The molecule has 0 radical (unpaired) electrons. The van der Waals surface area contributed by atoms with E-state index in [0.717, 1.165) is 6.61 Å². The molecule has 0 N–H and O–H groups in total. The summed E-state index contributed by atoms with van der Waals surface area (Å²) in [6, 6.07) is 1.27. The van der Waals surface area contributed by atoms with Crippen LogP contribution in [0.15, 0.2) is 0 Å². The second-order valence-corrected chi connectivity index (χ2v) is 9.53. The molecule has 1 aliphatic rings. The predicted molar refractivity (Wildman–Crippen MR) is 72.5 cm³/mol. The van der Waals surface area contributed by atoms with Crippen LogP contribution in [0, 0.1) is 0 Å². The maximum Gasteiger partial charge on any atom is 0.187 e. The molecular weight excluding hydrogens is 216 g/mol. The van der Waals surface area contributed by atoms with Crippen molar-refractivity contribution >= 4 is 8.32 Å². The van der Waals surface area contributed by atoms with Crippen molar-refractivity contribution in [1.29, 1.82) is 0 Å².